The molecule has 3 rings (SSSR count). The molecule has 0 fully saturated rings. The smallest absolute Gasteiger partial charge is 0.253 e. The molecule has 20 heavy (non-hydrogen) atoms. The van der Waals surface area contributed by atoms with Crippen molar-refractivity contribution in [1.29, 1.82) is 0 Å². The summed E-state index contributed by atoms with van der Waals surface area (Å²) in [7, 11) is 0. The zero-order valence-corrected chi connectivity index (χ0v) is 10.2. The molecule has 0 atom stereocenters. The van der Waals surface area contributed by atoms with Crippen molar-refractivity contribution in [2.24, 2.45) is 0 Å². The van der Waals surface area contributed by atoms with Gasteiger partial charge in [-0.2, -0.15) is 13.9 Å². The van der Waals surface area contributed by atoms with Gasteiger partial charge in [0.25, 0.3) is 0 Å². The molecule has 0 aliphatic heterocycles. The van der Waals surface area contributed by atoms with E-state index in [4.69, 9.17) is 0 Å². The van der Waals surface area contributed by atoms with Crippen molar-refractivity contribution in [1.82, 2.24) is 19.7 Å². The predicted molar refractivity (Wildman–Crippen MR) is 69.0 cm³/mol. The first kappa shape index (κ1) is 12.2. The quantitative estimate of drug-likeness (QED) is 0.638. The monoisotopic (exact) mass is 270 g/mol. The number of benzene rings is 1. The Balaban J connectivity index is 1.90. The molecule has 0 saturated heterocycles. The molecule has 0 aliphatic carbocycles. The highest BCUT2D eigenvalue weighted by molar-refractivity contribution is 5.75. The van der Waals surface area contributed by atoms with Gasteiger partial charge in [0, 0.05) is 24.2 Å². The lowest BCUT2D eigenvalue weighted by Crippen LogP contribution is -1.98. The van der Waals surface area contributed by atoms with Gasteiger partial charge in [-0.25, -0.2) is 4.68 Å². The van der Waals surface area contributed by atoms with E-state index in [9.17, 15) is 8.78 Å². The van der Waals surface area contributed by atoms with Crippen LogP contribution in [0.3, 0.4) is 0 Å². The van der Waals surface area contributed by atoms with Crippen LogP contribution in [-0.2, 0) is 0 Å². The van der Waals surface area contributed by atoms with E-state index in [0.29, 0.717) is 10.4 Å². The summed E-state index contributed by atoms with van der Waals surface area (Å²) < 4.78 is 25.3. The maximum absolute atomic E-state index is 12.4. The van der Waals surface area contributed by atoms with Gasteiger partial charge >= 0.3 is 6.55 Å². The second kappa shape index (κ2) is 5.05. The second-order valence-corrected chi connectivity index (χ2v) is 3.97. The van der Waals surface area contributed by atoms with Crippen LogP contribution in [0.15, 0.2) is 42.9 Å². The fourth-order valence-corrected chi connectivity index (χ4v) is 1.69. The fourth-order valence-electron chi connectivity index (χ4n) is 1.69. The van der Waals surface area contributed by atoms with E-state index in [1.807, 2.05) is 6.07 Å². The van der Waals surface area contributed by atoms with E-state index in [2.05, 4.69) is 26.9 Å². The number of nitrogens with zero attached hydrogens (tertiary/aromatic N) is 4. The largest absolute Gasteiger partial charge is 0.333 e. The van der Waals surface area contributed by atoms with Crippen LogP contribution in [0.2, 0.25) is 0 Å². The van der Waals surface area contributed by atoms with E-state index in [1.165, 1.54) is 12.3 Å². The lowest BCUT2D eigenvalue weighted by molar-refractivity contribution is 0.0565. The third-order valence-corrected chi connectivity index (χ3v) is 2.61. The first-order valence-electron chi connectivity index (χ1n) is 5.78. The first-order chi connectivity index (χ1) is 9.72. The molecule has 6 heteroatoms. The first-order valence-corrected chi connectivity index (χ1v) is 5.78. The number of alkyl halides is 2. The number of rotatable bonds is 1. The fraction of sp³-hybridized carbons (Fsp3) is 0.0714. The van der Waals surface area contributed by atoms with Gasteiger partial charge in [0.15, 0.2) is 0 Å². The summed E-state index contributed by atoms with van der Waals surface area (Å²) >= 11 is 0. The van der Waals surface area contributed by atoms with Crippen LogP contribution in [0.5, 0.6) is 0 Å². The lowest BCUT2D eigenvalue weighted by atomic mass is 10.2. The van der Waals surface area contributed by atoms with E-state index in [1.54, 1.807) is 24.5 Å². The Morgan fingerprint density at radius 1 is 1.00 bits per heavy atom. The Kier molecular flexibility index (Phi) is 3.09. The Morgan fingerprint density at radius 3 is 2.55 bits per heavy atom. The summed E-state index contributed by atoms with van der Waals surface area (Å²) in [5.41, 5.74) is 2.53. The minimum absolute atomic E-state index is 0.296. The number of hydrogen-bond acceptors (Lipinski definition) is 3. The molecule has 0 N–H and O–H groups in total. The average Bonchev–Trinajstić information content (AvgIpc) is 2.94. The molecular formula is C14H8F2N4. The Morgan fingerprint density at radius 2 is 1.80 bits per heavy atom. The second-order valence-electron chi connectivity index (χ2n) is 3.97. The van der Waals surface area contributed by atoms with Gasteiger partial charge in [0.1, 0.15) is 5.69 Å². The molecule has 3 aromatic rings. The number of hydrogen-bond donors (Lipinski definition) is 0. The normalized spacial score (nSPS) is 10.6. The van der Waals surface area contributed by atoms with Crippen molar-refractivity contribution in [3.05, 3.63) is 54.1 Å². The molecule has 0 unspecified atom stereocenters. The Labute approximate surface area is 113 Å². The Bertz CT molecular complexity index is 814. The third-order valence-electron chi connectivity index (χ3n) is 2.61. The minimum atomic E-state index is -2.65. The van der Waals surface area contributed by atoms with Crippen LogP contribution in [0.1, 0.15) is 17.8 Å². The molecule has 0 amide bonds. The van der Waals surface area contributed by atoms with Crippen molar-refractivity contribution in [2.75, 3.05) is 0 Å². The maximum Gasteiger partial charge on any atom is 0.333 e. The summed E-state index contributed by atoms with van der Waals surface area (Å²) in [6, 6.07) is 6.84. The van der Waals surface area contributed by atoms with Crippen LogP contribution < -0.4 is 0 Å². The number of halogens is 2. The molecule has 0 spiro atoms. The van der Waals surface area contributed by atoms with Gasteiger partial charge in [-0.3, -0.25) is 9.97 Å². The molecular weight excluding hydrogens is 262 g/mol. The number of aromatic nitrogens is 4. The highest BCUT2D eigenvalue weighted by atomic mass is 19.3. The van der Waals surface area contributed by atoms with Crippen molar-refractivity contribution in [3.63, 3.8) is 0 Å². The van der Waals surface area contributed by atoms with Gasteiger partial charge in [-0.05, 0) is 30.2 Å². The minimum Gasteiger partial charge on any atom is -0.253 e. The standard InChI is InChI=1S/C14H8F2N4/c15-14(16)20-8-5-11(19-20)3-1-10-2-4-12-13(9-10)18-7-6-17-12/h2,4-9,14H. The summed E-state index contributed by atoms with van der Waals surface area (Å²) in [5.74, 6) is 5.60. The molecule has 0 bridgehead atoms. The van der Waals surface area contributed by atoms with Crippen molar-refractivity contribution in [2.45, 2.75) is 6.55 Å². The number of fused-ring (bicyclic) bond motifs is 1. The van der Waals surface area contributed by atoms with Crippen molar-refractivity contribution in [3.8, 4) is 11.8 Å². The zero-order chi connectivity index (χ0) is 13.9. The highest BCUT2D eigenvalue weighted by Gasteiger charge is 2.05. The summed E-state index contributed by atoms with van der Waals surface area (Å²) in [4.78, 5) is 8.33. The maximum atomic E-state index is 12.4. The molecule has 2 heterocycles. The Hall–Kier alpha value is -2.81. The zero-order valence-electron chi connectivity index (χ0n) is 10.2. The summed E-state index contributed by atoms with van der Waals surface area (Å²) in [6.45, 7) is -2.65. The van der Waals surface area contributed by atoms with E-state index < -0.39 is 6.55 Å². The van der Waals surface area contributed by atoms with Crippen molar-refractivity contribution < 1.29 is 8.78 Å². The third kappa shape index (κ3) is 2.47. The van der Waals surface area contributed by atoms with Gasteiger partial charge in [0.05, 0.1) is 11.0 Å². The van der Waals surface area contributed by atoms with E-state index in [-0.39, 0.29) is 0 Å². The SMILES string of the molecule is FC(F)n1ccc(C#Cc2ccc3nccnc3c2)n1. The van der Waals surface area contributed by atoms with Gasteiger partial charge in [-0.15, -0.1) is 0 Å². The molecule has 1 aromatic carbocycles. The molecule has 2 aromatic heterocycles. The van der Waals surface area contributed by atoms with Crippen LogP contribution in [0.25, 0.3) is 11.0 Å². The van der Waals surface area contributed by atoms with Crippen LogP contribution >= 0.6 is 0 Å². The van der Waals surface area contributed by atoms with Crippen molar-refractivity contribution >= 4 is 11.0 Å². The molecule has 4 nitrogen and oxygen atoms in total. The molecule has 0 radical (unpaired) electrons. The van der Waals surface area contributed by atoms with Gasteiger partial charge in [-0.1, -0.05) is 5.92 Å². The predicted octanol–water partition coefficient (Wildman–Crippen LogP) is 2.62. The van der Waals surface area contributed by atoms with Gasteiger partial charge in [0.2, 0.25) is 0 Å². The molecule has 0 saturated carbocycles. The highest BCUT2D eigenvalue weighted by Crippen LogP contribution is 2.11. The van der Waals surface area contributed by atoms with Crippen LogP contribution in [0.4, 0.5) is 8.78 Å². The van der Waals surface area contributed by atoms with Crippen LogP contribution in [-0.4, -0.2) is 19.7 Å². The topological polar surface area (TPSA) is 43.6 Å². The summed E-state index contributed by atoms with van der Waals surface area (Å²) in [5, 5.41) is 3.65. The average molecular weight is 270 g/mol. The lowest BCUT2D eigenvalue weighted by Gasteiger charge is -1.95. The molecule has 98 valence electrons. The van der Waals surface area contributed by atoms with Gasteiger partial charge < -0.3 is 0 Å². The van der Waals surface area contributed by atoms with E-state index in [0.717, 1.165) is 16.6 Å². The summed E-state index contributed by atoms with van der Waals surface area (Å²) in [6.07, 6.45) is 4.41. The van der Waals surface area contributed by atoms with Crippen LogP contribution in [0, 0.1) is 11.8 Å². The molecule has 0 aliphatic rings. The van der Waals surface area contributed by atoms with E-state index >= 15 is 0 Å².